The summed E-state index contributed by atoms with van der Waals surface area (Å²) in [6.07, 6.45) is 2.58. The summed E-state index contributed by atoms with van der Waals surface area (Å²) in [6.45, 7) is 2.67. The largest absolute Gasteiger partial charge is 0.378 e. The van der Waals surface area contributed by atoms with E-state index in [1.54, 1.807) is 23.9 Å². The van der Waals surface area contributed by atoms with Gasteiger partial charge in [-0.15, -0.1) is 0 Å². The Kier molecular flexibility index (Phi) is 4.96. The maximum Gasteiger partial charge on any atom is 0.293 e. The lowest BCUT2D eigenvalue weighted by Gasteiger charge is -2.11. The van der Waals surface area contributed by atoms with Gasteiger partial charge in [-0.3, -0.25) is 14.9 Å². The molecule has 0 spiro atoms. The van der Waals surface area contributed by atoms with Crippen LogP contribution in [0, 0.1) is 10.1 Å². The zero-order chi connectivity index (χ0) is 12.8. The van der Waals surface area contributed by atoms with Crippen LogP contribution in [0.2, 0.25) is 0 Å². The Hall–Kier alpha value is -1.56. The third-order valence-corrected chi connectivity index (χ3v) is 3.31. The Morgan fingerprint density at radius 3 is 2.82 bits per heavy atom. The topological polar surface area (TPSA) is 72.2 Å². The number of carbonyl (C=O) groups is 1. The Labute approximate surface area is 104 Å². The highest BCUT2D eigenvalue weighted by Gasteiger charge is 2.14. The van der Waals surface area contributed by atoms with Gasteiger partial charge in [-0.05, 0) is 18.4 Å². The normalized spacial score (nSPS) is 11.9. The van der Waals surface area contributed by atoms with Gasteiger partial charge in [-0.25, -0.2) is 0 Å². The Morgan fingerprint density at radius 1 is 1.59 bits per heavy atom. The second-order valence-electron chi connectivity index (χ2n) is 3.58. The minimum atomic E-state index is -0.487. The Morgan fingerprint density at radius 2 is 2.29 bits per heavy atom. The minimum absolute atomic E-state index is 0.0668. The quantitative estimate of drug-likeness (QED) is 0.480. The van der Waals surface area contributed by atoms with Crippen LogP contribution in [0.25, 0.3) is 0 Å². The number of thioether (sulfide) groups is 1. The van der Waals surface area contributed by atoms with Crippen LogP contribution in [0.4, 0.5) is 11.4 Å². The molecule has 1 aromatic rings. The van der Waals surface area contributed by atoms with Crippen molar-refractivity contribution >= 4 is 29.4 Å². The van der Waals surface area contributed by atoms with Crippen molar-refractivity contribution < 1.29 is 9.72 Å². The standard InChI is InChI=1S/C11H14N2O3S/c1-8(17-2)6-12-10-4-3-9(7-14)5-11(10)13(15)16/h3-5,7-8,12H,6H2,1-2H3. The van der Waals surface area contributed by atoms with Gasteiger partial charge >= 0.3 is 0 Å². The van der Waals surface area contributed by atoms with Crippen LogP contribution in [0.3, 0.4) is 0 Å². The smallest absolute Gasteiger partial charge is 0.293 e. The van der Waals surface area contributed by atoms with E-state index in [-0.39, 0.29) is 5.69 Å². The number of carbonyl (C=O) groups excluding carboxylic acids is 1. The van der Waals surface area contributed by atoms with E-state index in [1.807, 2.05) is 13.2 Å². The third-order valence-electron chi connectivity index (χ3n) is 2.34. The monoisotopic (exact) mass is 254 g/mol. The molecule has 1 N–H and O–H groups in total. The van der Waals surface area contributed by atoms with Crippen molar-refractivity contribution in [1.82, 2.24) is 0 Å². The van der Waals surface area contributed by atoms with E-state index < -0.39 is 4.92 Å². The van der Waals surface area contributed by atoms with E-state index in [0.29, 0.717) is 29.3 Å². The lowest BCUT2D eigenvalue weighted by molar-refractivity contribution is -0.384. The third kappa shape index (κ3) is 3.74. The van der Waals surface area contributed by atoms with E-state index in [4.69, 9.17) is 0 Å². The number of nitrogens with zero attached hydrogens (tertiary/aromatic N) is 1. The number of rotatable bonds is 6. The number of anilines is 1. The van der Waals surface area contributed by atoms with Crippen LogP contribution in [0.15, 0.2) is 18.2 Å². The molecule has 1 aromatic carbocycles. The molecule has 0 radical (unpaired) electrons. The molecule has 6 heteroatoms. The van der Waals surface area contributed by atoms with Gasteiger partial charge in [0.25, 0.3) is 5.69 Å². The van der Waals surface area contributed by atoms with Gasteiger partial charge in [0.15, 0.2) is 0 Å². The zero-order valence-corrected chi connectivity index (χ0v) is 10.5. The van der Waals surface area contributed by atoms with Gasteiger partial charge < -0.3 is 5.32 Å². The highest BCUT2D eigenvalue weighted by Crippen LogP contribution is 2.25. The van der Waals surface area contributed by atoms with Crippen LogP contribution in [0.5, 0.6) is 0 Å². The highest BCUT2D eigenvalue weighted by atomic mass is 32.2. The van der Waals surface area contributed by atoms with Gasteiger partial charge in [-0.2, -0.15) is 11.8 Å². The first-order chi connectivity index (χ1) is 8.08. The summed E-state index contributed by atoms with van der Waals surface area (Å²) < 4.78 is 0. The summed E-state index contributed by atoms with van der Waals surface area (Å²) >= 11 is 1.68. The molecule has 92 valence electrons. The van der Waals surface area contributed by atoms with Gasteiger partial charge in [0.2, 0.25) is 0 Å². The molecule has 0 aliphatic rings. The van der Waals surface area contributed by atoms with Crippen LogP contribution < -0.4 is 5.32 Å². The summed E-state index contributed by atoms with van der Waals surface area (Å²) in [7, 11) is 0. The SMILES string of the molecule is CSC(C)CNc1ccc(C=O)cc1[N+](=O)[O-]. The van der Waals surface area contributed by atoms with Crippen molar-refractivity contribution in [3.8, 4) is 0 Å². The van der Waals surface area contributed by atoms with Crippen molar-refractivity contribution in [2.24, 2.45) is 0 Å². The molecule has 0 aromatic heterocycles. The molecule has 1 unspecified atom stereocenters. The van der Waals surface area contributed by atoms with E-state index >= 15 is 0 Å². The average molecular weight is 254 g/mol. The van der Waals surface area contributed by atoms with Crippen LogP contribution in [0.1, 0.15) is 17.3 Å². The first-order valence-corrected chi connectivity index (χ1v) is 6.37. The molecule has 17 heavy (non-hydrogen) atoms. The van der Waals surface area contributed by atoms with Crippen molar-refractivity contribution in [3.63, 3.8) is 0 Å². The van der Waals surface area contributed by atoms with E-state index in [2.05, 4.69) is 5.32 Å². The highest BCUT2D eigenvalue weighted by molar-refractivity contribution is 7.99. The fourth-order valence-corrected chi connectivity index (χ4v) is 1.51. The van der Waals surface area contributed by atoms with Crippen LogP contribution in [-0.4, -0.2) is 29.3 Å². The number of nitrogens with one attached hydrogen (secondary N) is 1. The maximum absolute atomic E-state index is 10.8. The minimum Gasteiger partial charge on any atom is -0.378 e. The lowest BCUT2D eigenvalue weighted by Crippen LogP contribution is -2.13. The van der Waals surface area contributed by atoms with Gasteiger partial charge in [0, 0.05) is 23.4 Å². The maximum atomic E-state index is 10.8. The molecule has 0 saturated heterocycles. The first kappa shape index (κ1) is 13.5. The van der Waals surface area contributed by atoms with Crippen molar-refractivity contribution in [2.75, 3.05) is 18.1 Å². The molecule has 0 fully saturated rings. The molecule has 1 rings (SSSR count). The van der Waals surface area contributed by atoms with E-state index in [9.17, 15) is 14.9 Å². The fraction of sp³-hybridized carbons (Fsp3) is 0.364. The number of aldehydes is 1. The Balaban J connectivity index is 2.90. The molecular weight excluding hydrogens is 240 g/mol. The lowest BCUT2D eigenvalue weighted by atomic mass is 10.2. The summed E-state index contributed by atoms with van der Waals surface area (Å²) in [5.41, 5.74) is 0.685. The summed E-state index contributed by atoms with van der Waals surface area (Å²) in [5, 5.41) is 14.2. The van der Waals surface area contributed by atoms with E-state index in [0.717, 1.165) is 0 Å². The fourth-order valence-electron chi connectivity index (χ4n) is 1.26. The molecule has 0 heterocycles. The number of hydrogen-bond acceptors (Lipinski definition) is 5. The predicted octanol–water partition coefficient (Wildman–Crippen LogP) is 2.57. The second kappa shape index (κ2) is 6.24. The molecular formula is C11H14N2O3S. The van der Waals surface area contributed by atoms with Gasteiger partial charge in [0.1, 0.15) is 12.0 Å². The molecule has 0 aliphatic carbocycles. The number of hydrogen-bond donors (Lipinski definition) is 1. The van der Waals surface area contributed by atoms with Gasteiger partial charge in [0.05, 0.1) is 4.92 Å². The molecule has 0 amide bonds. The number of benzene rings is 1. The summed E-state index contributed by atoms with van der Waals surface area (Å²) in [6, 6.07) is 4.40. The second-order valence-corrected chi connectivity index (χ2v) is 4.85. The zero-order valence-electron chi connectivity index (χ0n) is 9.67. The van der Waals surface area contributed by atoms with Crippen LogP contribution in [-0.2, 0) is 0 Å². The van der Waals surface area contributed by atoms with Crippen molar-refractivity contribution in [2.45, 2.75) is 12.2 Å². The predicted molar refractivity (Wildman–Crippen MR) is 70.0 cm³/mol. The van der Waals surface area contributed by atoms with E-state index in [1.165, 1.54) is 6.07 Å². The number of nitro groups is 1. The summed E-state index contributed by atoms with van der Waals surface area (Å²) in [4.78, 5) is 20.9. The number of nitro benzene ring substituents is 1. The molecule has 0 bridgehead atoms. The molecule has 0 aliphatic heterocycles. The molecule has 0 saturated carbocycles. The molecule has 1 atom stereocenters. The van der Waals surface area contributed by atoms with Crippen LogP contribution >= 0.6 is 11.8 Å². The van der Waals surface area contributed by atoms with Crippen molar-refractivity contribution in [1.29, 1.82) is 0 Å². The first-order valence-electron chi connectivity index (χ1n) is 5.08. The Bertz CT molecular complexity index is 423. The molecule has 5 nitrogen and oxygen atoms in total. The summed E-state index contributed by atoms with van der Waals surface area (Å²) in [5.74, 6) is 0. The van der Waals surface area contributed by atoms with Gasteiger partial charge in [-0.1, -0.05) is 6.92 Å². The van der Waals surface area contributed by atoms with Crippen molar-refractivity contribution in [3.05, 3.63) is 33.9 Å². The average Bonchev–Trinajstić information content (AvgIpc) is 2.35.